The number of amides is 1. The van der Waals surface area contributed by atoms with Crippen molar-refractivity contribution in [2.24, 2.45) is 0 Å². The van der Waals surface area contributed by atoms with Gasteiger partial charge in [-0.15, -0.1) is 11.3 Å². The summed E-state index contributed by atoms with van der Waals surface area (Å²) in [6.45, 7) is 1.62. The maximum atomic E-state index is 12.8. The minimum absolute atomic E-state index is 0.159. The van der Waals surface area contributed by atoms with Crippen molar-refractivity contribution in [1.29, 1.82) is 0 Å². The first kappa shape index (κ1) is 23.2. The number of ether oxygens (including phenoxy) is 2. The predicted molar refractivity (Wildman–Crippen MR) is 120 cm³/mol. The second-order valence-corrected chi connectivity index (χ2v) is 7.87. The second kappa shape index (κ2) is 9.14. The molecule has 3 aromatic heterocycles. The Bertz CT molecular complexity index is 1330. The molecule has 4 aromatic rings. The number of hydrogen-bond acceptors (Lipinski definition) is 7. The lowest BCUT2D eigenvalue weighted by Crippen LogP contribution is -2.13. The average Bonchev–Trinajstić information content (AvgIpc) is 3.44. The van der Waals surface area contributed by atoms with E-state index in [1.54, 1.807) is 44.7 Å². The molecule has 0 radical (unpaired) electrons. The fourth-order valence-electron chi connectivity index (χ4n) is 3.18. The van der Waals surface area contributed by atoms with E-state index in [1.807, 2.05) is 0 Å². The zero-order chi connectivity index (χ0) is 24.5. The minimum atomic E-state index is -4.49. The van der Waals surface area contributed by atoms with Gasteiger partial charge in [-0.2, -0.15) is 18.3 Å². The number of methoxy groups -OCH3 is 2. The molecule has 0 aliphatic rings. The Kier molecular flexibility index (Phi) is 6.24. The van der Waals surface area contributed by atoms with E-state index in [-0.39, 0.29) is 11.4 Å². The molecule has 0 saturated heterocycles. The van der Waals surface area contributed by atoms with Gasteiger partial charge in [0.1, 0.15) is 11.5 Å². The average molecular weight is 489 g/mol. The highest BCUT2D eigenvalue weighted by Gasteiger charge is 2.31. The first-order valence-corrected chi connectivity index (χ1v) is 10.7. The summed E-state index contributed by atoms with van der Waals surface area (Å²) in [5.41, 5.74) is 1.08. The third kappa shape index (κ3) is 4.57. The molecule has 12 heteroatoms. The summed E-state index contributed by atoms with van der Waals surface area (Å²) >= 11 is 1.23. The van der Waals surface area contributed by atoms with Crippen LogP contribution in [0.2, 0.25) is 0 Å². The number of hydrogen-bond donors (Lipinski definition) is 1. The Hall–Kier alpha value is -3.93. The van der Waals surface area contributed by atoms with Crippen LogP contribution in [0, 0.1) is 6.92 Å². The maximum Gasteiger partial charge on any atom is 0.417 e. The van der Waals surface area contributed by atoms with Crippen LogP contribution in [0.15, 0.2) is 48.1 Å². The van der Waals surface area contributed by atoms with Crippen LogP contribution >= 0.6 is 11.3 Å². The summed E-state index contributed by atoms with van der Waals surface area (Å²) in [6, 6.07) is 7.42. The van der Waals surface area contributed by atoms with Gasteiger partial charge in [0.2, 0.25) is 0 Å². The smallest absolute Gasteiger partial charge is 0.417 e. The molecular weight excluding hydrogens is 471 g/mol. The number of rotatable bonds is 6. The van der Waals surface area contributed by atoms with Gasteiger partial charge in [0.05, 0.1) is 42.9 Å². The number of thiazole rings is 1. The number of halogens is 3. The summed E-state index contributed by atoms with van der Waals surface area (Å²) in [5.74, 6) is 0.930. The van der Waals surface area contributed by atoms with E-state index in [2.05, 4.69) is 20.4 Å². The van der Waals surface area contributed by atoms with Crippen LogP contribution in [0.4, 0.5) is 18.3 Å². The minimum Gasteiger partial charge on any atom is -0.497 e. The van der Waals surface area contributed by atoms with Crippen molar-refractivity contribution in [3.8, 4) is 28.6 Å². The van der Waals surface area contributed by atoms with Gasteiger partial charge in [-0.1, -0.05) is 0 Å². The number of aromatic nitrogens is 4. The normalized spacial score (nSPS) is 11.4. The quantitative estimate of drug-likeness (QED) is 0.411. The van der Waals surface area contributed by atoms with Gasteiger partial charge in [0, 0.05) is 17.1 Å². The van der Waals surface area contributed by atoms with E-state index in [9.17, 15) is 18.0 Å². The van der Waals surface area contributed by atoms with Crippen LogP contribution in [0.1, 0.15) is 21.6 Å². The van der Waals surface area contributed by atoms with Gasteiger partial charge in [0.15, 0.2) is 10.9 Å². The molecular formula is C22H18F3N5O3S. The van der Waals surface area contributed by atoms with E-state index in [0.29, 0.717) is 33.6 Å². The summed E-state index contributed by atoms with van der Waals surface area (Å²) in [6.07, 6.45) is -2.44. The summed E-state index contributed by atoms with van der Waals surface area (Å²) < 4.78 is 50.3. The SMILES string of the molecule is COc1ccc(OC)c(-c2csc(NC(=O)c3cnn(-c4ccc(C(F)(F)F)cn4)c3C)n2)c1. The highest BCUT2D eigenvalue weighted by Crippen LogP contribution is 2.35. The van der Waals surface area contributed by atoms with Gasteiger partial charge in [-0.25, -0.2) is 14.6 Å². The number of carbonyl (C=O) groups is 1. The van der Waals surface area contributed by atoms with Crippen molar-refractivity contribution in [3.05, 3.63) is 64.9 Å². The molecule has 0 unspecified atom stereocenters. The fraction of sp³-hybridized carbons (Fsp3) is 0.182. The van der Waals surface area contributed by atoms with Crippen molar-refractivity contribution >= 4 is 22.4 Å². The second-order valence-electron chi connectivity index (χ2n) is 7.02. The first-order valence-electron chi connectivity index (χ1n) is 9.78. The number of pyridine rings is 1. The van der Waals surface area contributed by atoms with Crippen LogP contribution in [0.5, 0.6) is 11.5 Å². The lowest BCUT2D eigenvalue weighted by Gasteiger charge is -2.08. The molecule has 0 spiro atoms. The topological polar surface area (TPSA) is 91.2 Å². The Morgan fingerprint density at radius 2 is 1.91 bits per heavy atom. The number of carbonyl (C=O) groups excluding carboxylic acids is 1. The predicted octanol–water partition coefficient (Wildman–Crippen LogP) is 4.99. The molecule has 0 saturated carbocycles. The molecule has 1 N–H and O–H groups in total. The van der Waals surface area contributed by atoms with Gasteiger partial charge < -0.3 is 9.47 Å². The van der Waals surface area contributed by atoms with Crippen molar-refractivity contribution in [2.45, 2.75) is 13.1 Å². The number of alkyl halides is 3. The Balaban J connectivity index is 1.54. The molecule has 1 amide bonds. The third-order valence-corrected chi connectivity index (χ3v) is 5.71. The molecule has 8 nitrogen and oxygen atoms in total. The Labute approximate surface area is 196 Å². The standard InChI is InChI=1S/C22H18F3N5O3S/c1-12-16(10-27-30(12)19-7-4-13(9-26-19)22(23,24)25)20(31)29-21-28-17(11-34-21)15-8-14(32-2)5-6-18(15)33-3/h4-11H,1-3H3,(H,28,29,31). The lowest BCUT2D eigenvalue weighted by atomic mass is 10.1. The lowest BCUT2D eigenvalue weighted by molar-refractivity contribution is -0.137. The molecule has 0 fully saturated rings. The van der Waals surface area contributed by atoms with Crippen LogP contribution in [0.3, 0.4) is 0 Å². The number of anilines is 1. The van der Waals surface area contributed by atoms with Crippen LogP contribution in [-0.2, 0) is 6.18 Å². The van der Waals surface area contributed by atoms with Crippen LogP contribution < -0.4 is 14.8 Å². The molecule has 0 atom stereocenters. The van der Waals surface area contributed by atoms with Crippen LogP contribution in [0.25, 0.3) is 17.1 Å². The van der Waals surface area contributed by atoms with Crippen molar-refractivity contribution in [3.63, 3.8) is 0 Å². The van der Waals surface area contributed by atoms with Crippen molar-refractivity contribution in [1.82, 2.24) is 19.7 Å². The molecule has 4 rings (SSSR count). The largest absolute Gasteiger partial charge is 0.497 e. The Morgan fingerprint density at radius 1 is 1.12 bits per heavy atom. The number of benzene rings is 1. The summed E-state index contributed by atoms with van der Waals surface area (Å²) in [4.78, 5) is 21.1. The highest BCUT2D eigenvalue weighted by atomic mass is 32.1. The summed E-state index contributed by atoms with van der Waals surface area (Å²) in [5, 5.41) is 8.95. The maximum absolute atomic E-state index is 12.8. The zero-order valence-corrected chi connectivity index (χ0v) is 19.0. The van der Waals surface area contributed by atoms with E-state index in [4.69, 9.17) is 9.47 Å². The third-order valence-electron chi connectivity index (χ3n) is 4.95. The summed E-state index contributed by atoms with van der Waals surface area (Å²) in [7, 11) is 3.10. The van der Waals surface area contributed by atoms with Gasteiger partial charge in [0.25, 0.3) is 5.91 Å². The van der Waals surface area contributed by atoms with Crippen molar-refractivity contribution in [2.75, 3.05) is 19.5 Å². The van der Waals surface area contributed by atoms with Gasteiger partial charge >= 0.3 is 6.18 Å². The molecule has 176 valence electrons. The number of nitrogens with one attached hydrogen (secondary N) is 1. The molecule has 0 aliphatic carbocycles. The van der Waals surface area contributed by atoms with E-state index < -0.39 is 17.6 Å². The van der Waals surface area contributed by atoms with Gasteiger partial charge in [-0.05, 0) is 37.3 Å². The van der Waals surface area contributed by atoms with Crippen LogP contribution in [-0.4, -0.2) is 39.9 Å². The first-order chi connectivity index (χ1) is 16.2. The molecule has 0 bridgehead atoms. The molecule has 3 heterocycles. The fourth-order valence-corrected chi connectivity index (χ4v) is 3.88. The highest BCUT2D eigenvalue weighted by molar-refractivity contribution is 7.14. The van der Waals surface area contributed by atoms with E-state index in [0.717, 1.165) is 12.3 Å². The van der Waals surface area contributed by atoms with Crippen molar-refractivity contribution < 1.29 is 27.4 Å². The monoisotopic (exact) mass is 489 g/mol. The Morgan fingerprint density at radius 3 is 2.56 bits per heavy atom. The zero-order valence-electron chi connectivity index (χ0n) is 18.2. The molecule has 0 aliphatic heterocycles. The van der Waals surface area contributed by atoms with E-state index in [1.165, 1.54) is 28.3 Å². The van der Waals surface area contributed by atoms with Gasteiger partial charge in [-0.3, -0.25) is 10.1 Å². The molecule has 1 aromatic carbocycles. The molecule has 34 heavy (non-hydrogen) atoms. The number of nitrogens with zero attached hydrogens (tertiary/aromatic N) is 4. The van der Waals surface area contributed by atoms with E-state index >= 15 is 0 Å².